The van der Waals surface area contributed by atoms with Crippen molar-refractivity contribution in [2.24, 2.45) is 0 Å². The van der Waals surface area contributed by atoms with Crippen molar-refractivity contribution in [1.29, 1.82) is 0 Å². The number of aliphatic hydroxyl groups is 2. The molecule has 2 aromatic rings. The molecule has 2 N–H and O–H groups in total. The molecule has 0 aromatic heterocycles. The van der Waals surface area contributed by atoms with E-state index >= 15 is 0 Å². The van der Waals surface area contributed by atoms with Gasteiger partial charge in [-0.1, -0.05) is 25.2 Å². The third kappa shape index (κ3) is 8.11. The molecule has 1 saturated carbocycles. The maximum absolute atomic E-state index is 10.1. The van der Waals surface area contributed by atoms with E-state index in [4.69, 9.17) is 32.2 Å². The van der Waals surface area contributed by atoms with Crippen LogP contribution in [0.4, 0.5) is 0 Å². The largest absolute Gasteiger partial charge is 0.488 e. The van der Waals surface area contributed by atoms with Gasteiger partial charge in [-0.25, -0.2) is 0 Å². The molecular weight excluding hydrogens is 759 g/mol. The zero-order chi connectivity index (χ0) is 27.0. The van der Waals surface area contributed by atoms with Crippen molar-refractivity contribution in [3.8, 4) is 23.8 Å². The fraction of sp³-hybridized carbons (Fsp3) is 0.481. The fourth-order valence-corrected chi connectivity index (χ4v) is 7.47. The third-order valence-electron chi connectivity index (χ3n) is 6.32. The number of terminal acetylenes is 1. The van der Waals surface area contributed by atoms with Gasteiger partial charge in [-0.05, 0) is 112 Å². The lowest BCUT2D eigenvalue weighted by Gasteiger charge is -2.39. The van der Waals surface area contributed by atoms with Gasteiger partial charge in [-0.15, -0.1) is 18.0 Å². The van der Waals surface area contributed by atoms with E-state index in [9.17, 15) is 10.2 Å². The summed E-state index contributed by atoms with van der Waals surface area (Å²) in [7, 11) is 0. The molecule has 1 aliphatic carbocycles. The van der Waals surface area contributed by atoms with E-state index in [1.165, 1.54) is 17.5 Å². The molecule has 2 aromatic carbocycles. The van der Waals surface area contributed by atoms with E-state index in [1.54, 1.807) is 0 Å². The van der Waals surface area contributed by atoms with Gasteiger partial charge in [0.25, 0.3) is 0 Å². The predicted molar refractivity (Wildman–Crippen MR) is 161 cm³/mol. The van der Waals surface area contributed by atoms with E-state index in [1.807, 2.05) is 0 Å². The Bertz CT molecular complexity index is 1050. The molecule has 2 atom stereocenters. The van der Waals surface area contributed by atoms with E-state index in [0.29, 0.717) is 11.5 Å². The first-order valence-corrected chi connectivity index (χ1v) is 15.6. The number of aliphatic hydroxyl groups excluding tert-OH is 2. The Morgan fingerprint density at radius 2 is 1.27 bits per heavy atom. The third-order valence-corrected chi connectivity index (χ3v) is 9.04. The molecule has 0 spiro atoms. The summed E-state index contributed by atoms with van der Waals surface area (Å²) in [6.45, 7) is 0.439. The molecule has 10 heteroatoms. The lowest BCUT2D eigenvalue weighted by atomic mass is 9.65. The Labute approximate surface area is 257 Å². The molecule has 5 nitrogen and oxygen atoms in total. The highest BCUT2D eigenvalue weighted by Crippen LogP contribution is 2.50. The molecule has 0 aliphatic heterocycles. The van der Waals surface area contributed by atoms with Crippen LogP contribution in [0.25, 0.3) is 0 Å². The summed E-state index contributed by atoms with van der Waals surface area (Å²) in [4.78, 5) is 0. The molecule has 3 rings (SSSR count). The number of benzene rings is 2. The van der Waals surface area contributed by atoms with Crippen LogP contribution in [0.1, 0.15) is 43.2 Å². The molecule has 202 valence electrons. The monoisotopic (exact) mass is 784 g/mol. The standard InChI is InChI=1S/C27H29Br4ClO5/c1-2-8-35-14-20(34)16-37-26-23(30)11-18(12-24(26)31)27(6-4-3-5-7-27)17-9-21(28)25(22(29)10-17)36-15-19(33)13-32/h1,9-12,19-20,33-34H,3-8,13-16H2/t19-,20-/m1/s1. The summed E-state index contributed by atoms with van der Waals surface area (Å²) in [6, 6.07) is 8.43. The van der Waals surface area contributed by atoms with Gasteiger partial charge in [-0.2, -0.15) is 0 Å². The van der Waals surface area contributed by atoms with E-state index in [-0.39, 0.29) is 37.7 Å². The van der Waals surface area contributed by atoms with Crippen molar-refractivity contribution in [2.45, 2.75) is 49.7 Å². The fourth-order valence-electron chi connectivity index (χ4n) is 4.55. The quantitative estimate of drug-likeness (QED) is 0.134. The van der Waals surface area contributed by atoms with E-state index in [2.05, 4.69) is 93.9 Å². The van der Waals surface area contributed by atoms with Gasteiger partial charge >= 0.3 is 0 Å². The number of hydrogen-bond donors (Lipinski definition) is 2. The summed E-state index contributed by atoms with van der Waals surface area (Å²) in [6.07, 6.45) is 9.08. The molecule has 1 fully saturated rings. The minimum absolute atomic E-state index is 0.0754. The van der Waals surface area contributed by atoms with Crippen LogP contribution in [-0.4, -0.2) is 54.7 Å². The molecule has 0 bridgehead atoms. The van der Waals surface area contributed by atoms with Crippen LogP contribution in [0.2, 0.25) is 0 Å². The SMILES string of the molecule is C#CCOC[C@@H](O)COc1c(Br)cc(C2(c3cc(Br)c(OC[C@H](O)CCl)c(Br)c3)CCCCC2)cc1Br. The van der Waals surface area contributed by atoms with Gasteiger partial charge < -0.3 is 24.4 Å². The molecule has 1 aliphatic rings. The first-order chi connectivity index (χ1) is 17.7. The van der Waals surface area contributed by atoms with Crippen LogP contribution in [0.15, 0.2) is 42.2 Å². The minimum atomic E-state index is -0.794. The number of ether oxygens (including phenoxy) is 3. The van der Waals surface area contributed by atoms with Crippen LogP contribution >= 0.6 is 75.3 Å². The maximum atomic E-state index is 10.1. The van der Waals surface area contributed by atoms with Crippen LogP contribution in [0.3, 0.4) is 0 Å². The Hall–Kier alpha value is -0.310. The van der Waals surface area contributed by atoms with Crippen LogP contribution in [0, 0.1) is 12.3 Å². The van der Waals surface area contributed by atoms with Crippen molar-refractivity contribution >= 4 is 75.3 Å². The first kappa shape index (κ1) is 31.2. The topological polar surface area (TPSA) is 68.2 Å². The maximum Gasteiger partial charge on any atom is 0.147 e. The Morgan fingerprint density at radius 1 is 0.811 bits per heavy atom. The highest BCUT2D eigenvalue weighted by molar-refractivity contribution is 9.11. The van der Waals surface area contributed by atoms with Gasteiger partial charge in [0, 0.05) is 5.41 Å². The van der Waals surface area contributed by atoms with Gasteiger partial charge in [0.1, 0.15) is 43.5 Å². The summed E-state index contributed by atoms with van der Waals surface area (Å²) in [5, 5.41) is 19.9. The molecule has 0 unspecified atom stereocenters. The van der Waals surface area contributed by atoms with Gasteiger partial charge in [0.15, 0.2) is 0 Å². The molecule has 0 heterocycles. The van der Waals surface area contributed by atoms with Crippen LogP contribution in [0.5, 0.6) is 11.5 Å². The number of rotatable bonds is 12. The highest BCUT2D eigenvalue weighted by Gasteiger charge is 2.37. The van der Waals surface area contributed by atoms with E-state index in [0.717, 1.165) is 43.6 Å². The Morgan fingerprint density at radius 3 is 1.70 bits per heavy atom. The lowest BCUT2D eigenvalue weighted by Crippen LogP contribution is -2.31. The lowest BCUT2D eigenvalue weighted by molar-refractivity contribution is 0.0225. The zero-order valence-electron chi connectivity index (χ0n) is 20.1. The second-order valence-electron chi connectivity index (χ2n) is 8.98. The highest BCUT2D eigenvalue weighted by atomic mass is 79.9. The Kier molecular flexibility index (Phi) is 12.6. The second-order valence-corrected chi connectivity index (χ2v) is 12.7. The predicted octanol–water partition coefficient (Wildman–Crippen LogP) is 7.35. The molecular formula is C27H29Br4ClO5. The van der Waals surface area contributed by atoms with Crippen molar-refractivity contribution in [1.82, 2.24) is 0 Å². The molecule has 0 amide bonds. The van der Waals surface area contributed by atoms with Gasteiger partial charge in [0.05, 0.1) is 30.4 Å². The summed E-state index contributed by atoms with van der Waals surface area (Å²) in [5.41, 5.74) is 2.13. The van der Waals surface area contributed by atoms with Crippen molar-refractivity contribution in [3.05, 3.63) is 53.3 Å². The van der Waals surface area contributed by atoms with Gasteiger partial charge in [0.2, 0.25) is 0 Å². The molecule has 0 radical (unpaired) electrons. The van der Waals surface area contributed by atoms with Crippen molar-refractivity contribution < 1.29 is 24.4 Å². The zero-order valence-corrected chi connectivity index (χ0v) is 27.2. The first-order valence-electron chi connectivity index (χ1n) is 11.9. The normalized spacial score (nSPS) is 16.6. The van der Waals surface area contributed by atoms with Crippen molar-refractivity contribution in [3.63, 3.8) is 0 Å². The number of halogens is 5. The Balaban J connectivity index is 1.90. The van der Waals surface area contributed by atoms with Crippen LogP contribution < -0.4 is 9.47 Å². The summed E-state index contributed by atoms with van der Waals surface area (Å²) >= 11 is 20.4. The van der Waals surface area contributed by atoms with Crippen molar-refractivity contribution in [2.75, 3.05) is 32.3 Å². The molecule has 37 heavy (non-hydrogen) atoms. The average Bonchev–Trinajstić information content (AvgIpc) is 2.87. The number of hydrogen-bond acceptors (Lipinski definition) is 5. The number of alkyl halides is 1. The summed E-state index contributed by atoms with van der Waals surface area (Å²) in [5.74, 6) is 3.74. The average molecular weight is 789 g/mol. The van der Waals surface area contributed by atoms with Crippen LogP contribution in [-0.2, 0) is 10.2 Å². The summed E-state index contributed by atoms with van der Waals surface area (Å²) < 4.78 is 20.1. The van der Waals surface area contributed by atoms with E-state index < -0.39 is 12.2 Å². The minimum Gasteiger partial charge on any atom is -0.488 e. The second kappa shape index (κ2) is 14.9. The smallest absolute Gasteiger partial charge is 0.147 e. The van der Waals surface area contributed by atoms with Gasteiger partial charge in [-0.3, -0.25) is 0 Å². The molecule has 0 saturated heterocycles.